The number of aromatic hydroxyl groups is 1. The molecule has 2 saturated heterocycles. The first kappa shape index (κ1) is 23.1. The molecule has 1 aromatic rings. The van der Waals surface area contributed by atoms with Gasteiger partial charge in [-0.15, -0.1) is 24.0 Å². The molecule has 28 heavy (non-hydrogen) atoms. The maximum atomic E-state index is 10.1. The molecule has 3 rings (SSSR count). The predicted octanol–water partition coefficient (Wildman–Crippen LogP) is 2.97. The van der Waals surface area contributed by atoms with Crippen LogP contribution in [-0.2, 0) is 0 Å². The van der Waals surface area contributed by atoms with Gasteiger partial charge in [0.2, 0.25) is 0 Å². The number of phenols is 1. The van der Waals surface area contributed by atoms with Gasteiger partial charge in [-0.2, -0.15) is 0 Å². The number of guanidine groups is 1. The Hall–Kier alpha value is -1.22. The van der Waals surface area contributed by atoms with Crippen molar-refractivity contribution < 1.29 is 5.11 Å². The third-order valence-electron chi connectivity index (χ3n) is 5.48. The minimum atomic E-state index is 0. The zero-order valence-electron chi connectivity index (χ0n) is 17.1. The number of aliphatic imine (C=N–C) groups is 1. The van der Waals surface area contributed by atoms with E-state index in [1.807, 2.05) is 18.2 Å². The molecule has 2 aliphatic heterocycles. The summed E-state index contributed by atoms with van der Waals surface area (Å²) >= 11 is 0. The quantitative estimate of drug-likeness (QED) is 0.261. The summed E-state index contributed by atoms with van der Waals surface area (Å²) in [4.78, 5) is 12.0. The number of hydrogen-bond acceptors (Lipinski definition) is 4. The van der Waals surface area contributed by atoms with Crippen LogP contribution < -0.4 is 10.2 Å². The summed E-state index contributed by atoms with van der Waals surface area (Å²) < 4.78 is 0. The molecular formula is C21H36IN5O. The third-order valence-corrected chi connectivity index (χ3v) is 5.48. The van der Waals surface area contributed by atoms with Gasteiger partial charge < -0.3 is 25.1 Å². The number of para-hydroxylation sites is 2. The van der Waals surface area contributed by atoms with E-state index in [2.05, 4.69) is 26.9 Å². The number of nitrogens with zero attached hydrogens (tertiary/aromatic N) is 4. The van der Waals surface area contributed by atoms with E-state index < -0.39 is 0 Å². The van der Waals surface area contributed by atoms with Crippen molar-refractivity contribution in [2.45, 2.75) is 32.6 Å². The molecule has 0 spiro atoms. The Bertz CT molecular complexity index is 598. The molecule has 0 aliphatic carbocycles. The second-order valence-corrected chi connectivity index (χ2v) is 7.45. The van der Waals surface area contributed by atoms with Crippen LogP contribution >= 0.6 is 24.0 Å². The van der Waals surface area contributed by atoms with Crippen LogP contribution in [0, 0.1) is 0 Å². The fourth-order valence-corrected chi connectivity index (χ4v) is 3.95. The molecular weight excluding hydrogens is 465 g/mol. The normalized spacial score (nSPS) is 18.2. The number of hydrogen-bond donors (Lipinski definition) is 2. The monoisotopic (exact) mass is 501 g/mol. The van der Waals surface area contributed by atoms with Crippen molar-refractivity contribution >= 4 is 35.6 Å². The van der Waals surface area contributed by atoms with Gasteiger partial charge in [-0.3, -0.25) is 4.99 Å². The van der Waals surface area contributed by atoms with Crippen LogP contribution in [0.5, 0.6) is 5.75 Å². The van der Waals surface area contributed by atoms with Crippen molar-refractivity contribution in [3.05, 3.63) is 24.3 Å². The predicted molar refractivity (Wildman–Crippen MR) is 128 cm³/mol. The average Bonchev–Trinajstić information content (AvgIpc) is 3.21. The van der Waals surface area contributed by atoms with Gasteiger partial charge in [-0.05, 0) is 64.4 Å². The maximum absolute atomic E-state index is 10.1. The molecule has 7 heteroatoms. The van der Waals surface area contributed by atoms with Gasteiger partial charge in [0.05, 0.1) is 5.69 Å². The van der Waals surface area contributed by atoms with Crippen molar-refractivity contribution in [3.8, 4) is 5.75 Å². The molecule has 0 saturated carbocycles. The van der Waals surface area contributed by atoms with E-state index in [0.29, 0.717) is 5.75 Å². The highest BCUT2D eigenvalue weighted by Gasteiger charge is 2.21. The first-order valence-corrected chi connectivity index (χ1v) is 10.6. The summed E-state index contributed by atoms with van der Waals surface area (Å²) in [5, 5.41) is 13.5. The van der Waals surface area contributed by atoms with E-state index in [1.54, 1.807) is 6.07 Å². The minimum absolute atomic E-state index is 0. The lowest BCUT2D eigenvalue weighted by Gasteiger charge is -2.37. The standard InChI is InChI=1S/C21H35N5O.HI/c1-2-22-21(23-11-5-6-12-24-13-7-8-14-24)26-17-15-25(16-18-26)19-9-3-4-10-20(19)27;/h3-4,9-10,27H,2,5-8,11-18H2,1H3,(H,22,23);1H. The number of unbranched alkanes of at least 4 members (excludes halogenated alkanes) is 1. The van der Waals surface area contributed by atoms with Gasteiger partial charge in [0.15, 0.2) is 5.96 Å². The van der Waals surface area contributed by atoms with Crippen LogP contribution in [0.25, 0.3) is 0 Å². The number of benzene rings is 1. The van der Waals surface area contributed by atoms with Crippen molar-refractivity contribution in [2.24, 2.45) is 4.99 Å². The molecule has 2 fully saturated rings. The van der Waals surface area contributed by atoms with E-state index in [0.717, 1.165) is 57.3 Å². The molecule has 6 nitrogen and oxygen atoms in total. The molecule has 0 aromatic heterocycles. The van der Waals surface area contributed by atoms with Crippen molar-refractivity contribution in [1.29, 1.82) is 0 Å². The molecule has 2 heterocycles. The Balaban J connectivity index is 0.00000280. The zero-order valence-corrected chi connectivity index (χ0v) is 19.5. The SMILES string of the molecule is CCNC(=NCCCCN1CCCC1)N1CCN(c2ccccc2O)CC1.I. The van der Waals surface area contributed by atoms with E-state index in [4.69, 9.17) is 4.99 Å². The topological polar surface area (TPSA) is 54.3 Å². The molecule has 158 valence electrons. The first-order chi connectivity index (χ1) is 13.3. The van der Waals surface area contributed by atoms with Crippen LogP contribution in [0.15, 0.2) is 29.3 Å². The molecule has 2 N–H and O–H groups in total. The lowest BCUT2D eigenvalue weighted by molar-refractivity contribution is 0.330. The summed E-state index contributed by atoms with van der Waals surface area (Å²) in [5.41, 5.74) is 0.931. The Morgan fingerprint density at radius 2 is 1.75 bits per heavy atom. The summed E-state index contributed by atoms with van der Waals surface area (Å²) in [6, 6.07) is 7.60. The second kappa shape index (κ2) is 12.4. The number of rotatable bonds is 7. The summed E-state index contributed by atoms with van der Waals surface area (Å²) in [5.74, 6) is 1.40. The Morgan fingerprint density at radius 3 is 2.43 bits per heavy atom. The van der Waals surface area contributed by atoms with Crippen molar-refractivity contribution in [3.63, 3.8) is 0 Å². The average molecular weight is 501 g/mol. The smallest absolute Gasteiger partial charge is 0.194 e. The fourth-order valence-electron chi connectivity index (χ4n) is 3.95. The third kappa shape index (κ3) is 6.69. The van der Waals surface area contributed by atoms with Gasteiger partial charge in [0, 0.05) is 39.3 Å². The van der Waals surface area contributed by atoms with Gasteiger partial charge in [0.25, 0.3) is 0 Å². The highest BCUT2D eigenvalue weighted by atomic mass is 127. The van der Waals surface area contributed by atoms with Crippen LogP contribution in [0.1, 0.15) is 32.6 Å². The van der Waals surface area contributed by atoms with Crippen LogP contribution in [0.4, 0.5) is 5.69 Å². The van der Waals surface area contributed by atoms with E-state index in [1.165, 1.54) is 38.9 Å². The Kier molecular flexibility index (Phi) is 10.2. The summed E-state index contributed by atoms with van der Waals surface area (Å²) in [6.45, 7) is 11.4. The van der Waals surface area contributed by atoms with E-state index in [-0.39, 0.29) is 24.0 Å². The molecule has 0 radical (unpaired) electrons. The van der Waals surface area contributed by atoms with Crippen LogP contribution in [0.3, 0.4) is 0 Å². The second-order valence-electron chi connectivity index (χ2n) is 7.45. The van der Waals surface area contributed by atoms with Gasteiger partial charge in [0.1, 0.15) is 5.75 Å². The number of piperazine rings is 1. The summed E-state index contributed by atoms with van der Waals surface area (Å²) in [6.07, 6.45) is 5.14. The molecule has 0 atom stereocenters. The molecule has 0 unspecified atom stereocenters. The lowest BCUT2D eigenvalue weighted by atomic mass is 10.2. The highest BCUT2D eigenvalue weighted by molar-refractivity contribution is 14.0. The van der Waals surface area contributed by atoms with Gasteiger partial charge in [-0.1, -0.05) is 12.1 Å². The van der Waals surface area contributed by atoms with Gasteiger partial charge in [-0.25, -0.2) is 0 Å². The minimum Gasteiger partial charge on any atom is -0.506 e. The Labute approximate surface area is 187 Å². The van der Waals surface area contributed by atoms with Gasteiger partial charge >= 0.3 is 0 Å². The number of likely N-dealkylation sites (tertiary alicyclic amines) is 1. The summed E-state index contributed by atoms with van der Waals surface area (Å²) in [7, 11) is 0. The van der Waals surface area contributed by atoms with E-state index >= 15 is 0 Å². The highest BCUT2D eigenvalue weighted by Crippen LogP contribution is 2.27. The largest absolute Gasteiger partial charge is 0.506 e. The van der Waals surface area contributed by atoms with Crippen LogP contribution in [0.2, 0.25) is 0 Å². The fraction of sp³-hybridized carbons (Fsp3) is 0.667. The zero-order chi connectivity index (χ0) is 18.9. The number of halogens is 1. The lowest BCUT2D eigenvalue weighted by Crippen LogP contribution is -2.52. The number of phenolic OH excluding ortho intramolecular Hbond substituents is 1. The van der Waals surface area contributed by atoms with E-state index in [9.17, 15) is 5.11 Å². The number of nitrogens with one attached hydrogen (secondary N) is 1. The van der Waals surface area contributed by atoms with Crippen molar-refractivity contribution in [1.82, 2.24) is 15.1 Å². The molecule has 0 amide bonds. The number of anilines is 1. The first-order valence-electron chi connectivity index (χ1n) is 10.6. The Morgan fingerprint density at radius 1 is 1.04 bits per heavy atom. The van der Waals surface area contributed by atoms with Crippen molar-refractivity contribution in [2.75, 3.05) is 63.8 Å². The molecule has 1 aromatic carbocycles. The van der Waals surface area contributed by atoms with Crippen LogP contribution in [-0.4, -0.2) is 79.8 Å². The molecule has 2 aliphatic rings. The molecule has 0 bridgehead atoms. The maximum Gasteiger partial charge on any atom is 0.194 e.